The highest BCUT2D eigenvalue weighted by molar-refractivity contribution is 5.61. The third kappa shape index (κ3) is 2.26. The summed E-state index contributed by atoms with van der Waals surface area (Å²) in [6, 6.07) is 7.62. The van der Waals surface area contributed by atoms with Gasteiger partial charge in [-0.3, -0.25) is 4.90 Å². The highest BCUT2D eigenvalue weighted by Crippen LogP contribution is 2.30. The lowest BCUT2D eigenvalue weighted by molar-refractivity contribution is 0.200. The minimum absolute atomic E-state index is 0.826. The molecule has 2 heteroatoms. The van der Waals surface area contributed by atoms with Crippen LogP contribution in [0.5, 0.6) is 0 Å². The molecule has 98 valence electrons. The molecule has 2 nitrogen and oxygen atoms in total. The fourth-order valence-corrected chi connectivity index (χ4v) is 3.53. The van der Waals surface area contributed by atoms with Gasteiger partial charge in [0.25, 0.3) is 0 Å². The minimum atomic E-state index is 0.826. The van der Waals surface area contributed by atoms with Crippen LogP contribution in [0.2, 0.25) is 0 Å². The maximum atomic E-state index is 3.56. The molecule has 3 rings (SSSR count). The van der Waals surface area contributed by atoms with Crippen molar-refractivity contribution in [3.8, 4) is 0 Å². The van der Waals surface area contributed by atoms with Gasteiger partial charge in [-0.15, -0.1) is 0 Å². The molecule has 0 atom stereocenters. The lowest BCUT2D eigenvalue weighted by Crippen LogP contribution is -2.32. The third-order valence-electron chi connectivity index (χ3n) is 4.55. The van der Waals surface area contributed by atoms with Gasteiger partial charge in [-0.25, -0.2) is 0 Å². The Bertz CT molecular complexity index is 408. The summed E-state index contributed by atoms with van der Waals surface area (Å²) in [5.41, 5.74) is 4.43. The second-order valence-corrected chi connectivity index (χ2v) is 5.63. The highest BCUT2D eigenvalue weighted by Gasteiger charge is 2.23. The summed E-state index contributed by atoms with van der Waals surface area (Å²) < 4.78 is 0. The predicted molar refractivity (Wildman–Crippen MR) is 77.0 cm³/mol. The summed E-state index contributed by atoms with van der Waals surface area (Å²) in [7, 11) is 0. The number of fused-ring (bicyclic) bond motifs is 1. The van der Waals surface area contributed by atoms with Crippen LogP contribution in [0, 0.1) is 0 Å². The smallest absolute Gasteiger partial charge is 0.0419 e. The van der Waals surface area contributed by atoms with Crippen molar-refractivity contribution in [2.75, 3.05) is 18.4 Å². The van der Waals surface area contributed by atoms with E-state index in [9.17, 15) is 0 Å². The van der Waals surface area contributed by atoms with E-state index in [4.69, 9.17) is 0 Å². The first kappa shape index (κ1) is 12.0. The van der Waals surface area contributed by atoms with Gasteiger partial charge in [-0.1, -0.05) is 38.0 Å². The number of anilines is 1. The number of para-hydroxylation sites is 1. The Morgan fingerprint density at radius 2 is 2.11 bits per heavy atom. The summed E-state index contributed by atoms with van der Waals surface area (Å²) in [6.07, 6.45) is 6.84. The normalized spacial score (nSPS) is 19.2. The Labute approximate surface area is 110 Å². The second kappa shape index (κ2) is 5.31. The van der Waals surface area contributed by atoms with E-state index in [2.05, 4.69) is 35.3 Å². The molecule has 1 saturated carbocycles. The van der Waals surface area contributed by atoms with Gasteiger partial charge < -0.3 is 5.32 Å². The lowest BCUT2D eigenvalue weighted by Gasteiger charge is -2.28. The molecule has 1 fully saturated rings. The Morgan fingerprint density at radius 3 is 2.89 bits per heavy atom. The van der Waals surface area contributed by atoms with Gasteiger partial charge in [0.05, 0.1) is 0 Å². The SMILES string of the molecule is CCN(Cc1cccc2c1NCC2)C1CCCC1. The van der Waals surface area contributed by atoms with Crippen molar-refractivity contribution in [2.24, 2.45) is 0 Å². The quantitative estimate of drug-likeness (QED) is 0.873. The third-order valence-corrected chi connectivity index (χ3v) is 4.55. The molecule has 18 heavy (non-hydrogen) atoms. The second-order valence-electron chi connectivity index (χ2n) is 5.63. The summed E-state index contributed by atoms with van der Waals surface area (Å²) in [6.45, 7) is 5.71. The van der Waals surface area contributed by atoms with Gasteiger partial charge in [0.15, 0.2) is 0 Å². The van der Waals surface area contributed by atoms with Gasteiger partial charge in [0.1, 0.15) is 0 Å². The zero-order valence-corrected chi connectivity index (χ0v) is 11.4. The van der Waals surface area contributed by atoms with Gasteiger partial charge >= 0.3 is 0 Å². The number of benzene rings is 1. The molecule has 1 N–H and O–H groups in total. The lowest BCUT2D eigenvalue weighted by atomic mass is 10.1. The van der Waals surface area contributed by atoms with E-state index in [0.717, 1.165) is 19.1 Å². The molecule has 1 aliphatic carbocycles. The van der Waals surface area contributed by atoms with Crippen molar-refractivity contribution in [3.63, 3.8) is 0 Å². The molecule has 0 amide bonds. The van der Waals surface area contributed by atoms with E-state index >= 15 is 0 Å². The first-order valence-electron chi connectivity index (χ1n) is 7.47. The van der Waals surface area contributed by atoms with Crippen LogP contribution in [0.4, 0.5) is 5.69 Å². The Balaban J connectivity index is 1.76. The zero-order chi connectivity index (χ0) is 12.4. The summed E-state index contributed by atoms with van der Waals surface area (Å²) >= 11 is 0. The Kier molecular flexibility index (Phi) is 3.55. The molecule has 1 aromatic rings. The van der Waals surface area contributed by atoms with E-state index < -0.39 is 0 Å². The molecule has 1 aromatic carbocycles. The molecule has 0 aromatic heterocycles. The molecular weight excluding hydrogens is 220 g/mol. The number of nitrogens with one attached hydrogen (secondary N) is 1. The molecule has 0 spiro atoms. The van der Waals surface area contributed by atoms with Gasteiger partial charge in [0, 0.05) is 24.8 Å². The van der Waals surface area contributed by atoms with Gasteiger partial charge in [0.2, 0.25) is 0 Å². The van der Waals surface area contributed by atoms with E-state index in [-0.39, 0.29) is 0 Å². The fourth-order valence-electron chi connectivity index (χ4n) is 3.53. The van der Waals surface area contributed by atoms with Crippen LogP contribution in [-0.4, -0.2) is 24.0 Å². The van der Waals surface area contributed by atoms with Crippen LogP contribution in [0.25, 0.3) is 0 Å². The average molecular weight is 244 g/mol. The predicted octanol–water partition coefficient (Wildman–Crippen LogP) is 3.42. The summed E-state index contributed by atoms with van der Waals surface area (Å²) in [5, 5.41) is 3.56. The summed E-state index contributed by atoms with van der Waals surface area (Å²) in [5.74, 6) is 0. The first-order valence-corrected chi connectivity index (χ1v) is 7.47. The van der Waals surface area contributed by atoms with E-state index in [0.29, 0.717) is 0 Å². The Morgan fingerprint density at radius 1 is 1.28 bits per heavy atom. The van der Waals surface area contributed by atoms with Crippen LogP contribution < -0.4 is 5.32 Å². The van der Waals surface area contributed by atoms with E-state index in [1.807, 2.05) is 0 Å². The van der Waals surface area contributed by atoms with Crippen molar-refractivity contribution in [1.29, 1.82) is 0 Å². The largest absolute Gasteiger partial charge is 0.384 e. The van der Waals surface area contributed by atoms with Crippen LogP contribution in [0.1, 0.15) is 43.7 Å². The average Bonchev–Trinajstić information content (AvgIpc) is 3.06. The monoisotopic (exact) mass is 244 g/mol. The van der Waals surface area contributed by atoms with Crippen molar-refractivity contribution in [3.05, 3.63) is 29.3 Å². The van der Waals surface area contributed by atoms with Crippen LogP contribution >= 0.6 is 0 Å². The first-order chi connectivity index (χ1) is 8.88. The van der Waals surface area contributed by atoms with Crippen molar-refractivity contribution < 1.29 is 0 Å². The number of hydrogen-bond donors (Lipinski definition) is 1. The number of hydrogen-bond acceptors (Lipinski definition) is 2. The topological polar surface area (TPSA) is 15.3 Å². The maximum Gasteiger partial charge on any atom is 0.0419 e. The van der Waals surface area contributed by atoms with Crippen LogP contribution in [-0.2, 0) is 13.0 Å². The molecule has 0 radical (unpaired) electrons. The zero-order valence-electron chi connectivity index (χ0n) is 11.4. The fraction of sp³-hybridized carbons (Fsp3) is 0.625. The molecule has 0 bridgehead atoms. The van der Waals surface area contributed by atoms with Crippen LogP contribution in [0.3, 0.4) is 0 Å². The molecule has 0 saturated heterocycles. The van der Waals surface area contributed by atoms with Gasteiger partial charge in [-0.05, 0) is 36.9 Å². The molecule has 0 unspecified atom stereocenters. The number of rotatable bonds is 4. The highest BCUT2D eigenvalue weighted by atomic mass is 15.2. The van der Waals surface area contributed by atoms with Gasteiger partial charge in [-0.2, -0.15) is 0 Å². The minimum Gasteiger partial charge on any atom is -0.384 e. The molecule has 1 aliphatic heterocycles. The van der Waals surface area contributed by atoms with E-state index in [1.54, 1.807) is 0 Å². The number of nitrogens with zero attached hydrogens (tertiary/aromatic N) is 1. The van der Waals surface area contributed by atoms with E-state index in [1.165, 1.54) is 55.5 Å². The standard InChI is InChI=1S/C16H24N2/c1-2-18(15-8-3-4-9-15)12-14-7-5-6-13-10-11-17-16(13)14/h5-7,15,17H,2-4,8-12H2,1H3. The summed E-state index contributed by atoms with van der Waals surface area (Å²) in [4.78, 5) is 2.67. The van der Waals surface area contributed by atoms with Crippen molar-refractivity contribution in [1.82, 2.24) is 4.90 Å². The molecule has 1 heterocycles. The Hall–Kier alpha value is -1.02. The maximum absolute atomic E-state index is 3.56. The van der Waals surface area contributed by atoms with Crippen molar-refractivity contribution in [2.45, 2.75) is 51.6 Å². The van der Waals surface area contributed by atoms with Crippen LogP contribution in [0.15, 0.2) is 18.2 Å². The van der Waals surface area contributed by atoms with Crippen molar-refractivity contribution >= 4 is 5.69 Å². The molecular formula is C16H24N2. The molecule has 2 aliphatic rings.